The molecule has 1 saturated heterocycles. The van der Waals surface area contributed by atoms with Crippen molar-refractivity contribution < 1.29 is 14.6 Å². The van der Waals surface area contributed by atoms with Crippen molar-refractivity contribution in [3.05, 3.63) is 48.3 Å². The molecule has 2 aliphatic rings. The van der Waals surface area contributed by atoms with Crippen LogP contribution in [0.4, 0.5) is 10.5 Å². The predicted molar refractivity (Wildman–Crippen MR) is 129 cm³/mol. The molecule has 1 aliphatic heterocycles. The molecule has 5 rings (SSSR count). The Kier molecular flexibility index (Phi) is 5.52. The number of aliphatic hydroxyl groups is 1. The summed E-state index contributed by atoms with van der Waals surface area (Å²) in [4.78, 5) is 27.6. The molecule has 1 amide bonds. The van der Waals surface area contributed by atoms with Crippen LogP contribution in [0.15, 0.2) is 36.9 Å². The zero-order valence-corrected chi connectivity index (χ0v) is 20.4. The van der Waals surface area contributed by atoms with Gasteiger partial charge in [-0.2, -0.15) is 5.26 Å². The number of carbonyl (C=O) groups is 1. The number of aromatic nitrogens is 4. The number of nitrogens with zero attached hydrogens (tertiary/aromatic N) is 6. The van der Waals surface area contributed by atoms with Crippen LogP contribution in [0, 0.1) is 16.7 Å². The third kappa shape index (κ3) is 4.23. The number of rotatable bonds is 5. The maximum Gasteiger partial charge on any atom is 0.415 e. The summed E-state index contributed by atoms with van der Waals surface area (Å²) in [6, 6.07) is 7.77. The van der Waals surface area contributed by atoms with Gasteiger partial charge in [0.15, 0.2) is 5.82 Å². The van der Waals surface area contributed by atoms with Crippen LogP contribution in [0.25, 0.3) is 11.0 Å². The Morgan fingerprint density at radius 3 is 2.69 bits per heavy atom. The highest BCUT2D eigenvalue weighted by Crippen LogP contribution is 2.49. The summed E-state index contributed by atoms with van der Waals surface area (Å²) in [6.45, 7) is 6.63. The molecular formula is C26H30N6O3. The highest BCUT2D eigenvalue weighted by molar-refractivity contribution is 5.90. The number of benzene rings is 1. The summed E-state index contributed by atoms with van der Waals surface area (Å²) in [5.74, 6) is 0.304. The molecule has 3 heterocycles. The predicted octanol–water partition coefficient (Wildman–Crippen LogP) is 4.29. The molecule has 2 fully saturated rings. The van der Waals surface area contributed by atoms with E-state index in [0.717, 1.165) is 49.7 Å². The molecule has 9 heteroatoms. The van der Waals surface area contributed by atoms with Crippen molar-refractivity contribution in [3.8, 4) is 6.07 Å². The highest BCUT2D eigenvalue weighted by atomic mass is 16.6. The standard InChI is InChI=1S/C26H30N6O3/c1-4-25(15-31-17-30-20-7-6-18(11-27)10-21(20)31)8-5-9-26(14-25)16-32(23(33)35-26)19-12-28-22(29-13-19)24(2,3)34/h6-7,10,12-13,17,34H,4-5,8-9,14-16H2,1-3H3/t25-,26-/m0/s1. The molecule has 0 unspecified atom stereocenters. The molecule has 35 heavy (non-hydrogen) atoms. The minimum absolute atomic E-state index is 0.0634. The SMILES string of the molecule is CC[C@]1(Cn2cnc3ccc(C#N)cc32)CCC[C@@]2(CN(c3cnc(C(C)(C)O)nc3)C(=O)O2)C1. The first-order valence-electron chi connectivity index (χ1n) is 12.1. The highest BCUT2D eigenvalue weighted by Gasteiger charge is 2.52. The first-order chi connectivity index (χ1) is 16.7. The minimum atomic E-state index is -1.15. The molecule has 1 aromatic carbocycles. The average molecular weight is 475 g/mol. The van der Waals surface area contributed by atoms with Crippen LogP contribution in [0.2, 0.25) is 0 Å². The summed E-state index contributed by atoms with van der Waals surface area (Å²) < 4.78 is 8.20. The molecule has 1 spiro atoms. The molecule has 2 atom stereocenters. The first-order valence-corrected chi connectivity index (χ1v) is 12.1. The third-order valence-electron chi connectivity index (χ3n) is 7.51. The fraction of sp³-hybridized carbons (Fsp3) is 0.500. The number of fused-ring (bicyclic) bond motifs is 1. The fourth-order valence-electron chi connectivity index (χ4n) is 5.63. The minimum Gasteiger partial charge on any atom is -0.441 e. The van der Waals surface area contributed by atoms with Gasteiger partial charge in [-0.15, -0.1) is 0 Å². The summed E-state index contributed by atoms with van der Waals surface area (Å²) in [6.07, 6.45) is 9.09. The smallest absolute Gasteiger partial charge is 0.415 e. The van der Waals surface area contributed by atoms with Gasteiger partial charge >= 0.3 is 6.09 Å². The molecule has 9 nitrogen and oxygen atoms in total. The number of imidazole rings is 1. The maximum atomic E-state index is 12.9. The molecule has 0 bridgehead atoms. The van der Waals surface area contributed by atoms with Gasteiger partial charge in [0.25, 0.3) is 0 Å². The van der Waals surface area contributed by atoms with E-state index in [4.69, 9.17) is 4.74 Å². The van der Waals surface area contributed by atoms with Gasteiger partial charge in [-0.1, -0.05) is 6.92 Å². The van der Waals surface area contributed by atoms with Gasteiger partial charge in [-0.3, -0.25) is 4.90 Å². The summed E-state index contributed by atoms with van der Waals surface area (Å²) in [7, 11) is 0. The van der Waals surface area contributed by atoms with Crippen LogP contribution in [-0.2, 0) is 16.9 Å². The van der Waals surface area contributed by atoms with Crippen LogP contribution >= 0.6 is 0 Å². The molecule has 1 saturated carbocycles. The molecule has 1 aliphatic carbocycles. The van der Waals surface area contributed by atoms with Crippen molar-refractivity contribution in [2.75, 3.05) is 11.4 Å². The second-order valence-corrected chi connectivity index (χ2v) is 10.5. The van der Waals surface area contributed by atoms with Crippen molar-refractivity contribution >= 4 is 22.8 Å². The van der Waals surface area contributed by atoms with Gasteiger partial charge in [0.2, 0.25) is 0 Å². The van der Waals surface area contributed by atoms with Crippen LogP contribution in [0.5, 0.6) is 0 Å². The lowest BCUT2D eigenvalue weighted by Gasteiger charge is -2.45. The maximum absolute atomic E-state index is 12.9. The lowest BCUT2D eigenvalue weighted by molar-refractivity contribution is -0.0348. The van der Waals surface area contributed by atoms with E-state index in [2.05, 4.69) is 32.5 Å². The van der Waals surface area contributed by atoms with E-state index in [9.17, 15) is 15.2 Å². The number of nitriles is 1. The number of ether oxygens (including phenoxy) is 1. The number of amides is 1. The van der Waals surface area contributed by atoms with Gasteiger partial charge in [0.1, 0.15) is 11.2 Å². The zero-order chi connectivity index (χ0) is 24.8. The molecular weight excluding hydrogens is 444 g/mol. The van der Waals surface area contributed by atoms with Crippen molar-refractivity contribution in [2.45, 2.75) is 70.6 Å². The Hall–Kier alpha value is -3.51. The molecule has 0 radical (unpaired) electrons. The van der Waals surface area contributed by atoms with Crippen LogP contribution in [0.3, 0.4) is 0 Å². The number of carbonyl (C=O) groups excluding carboxylic acids is 1. The second kappa shape index (κ2) is 8.31. The average Bonchev–Trinajstić information content (AvgIpc) is 3.38. The fourth-order valence-corrected chi connectivity index (χ4v) is 5.63. The van der Waals surface area contributed by atoms with Crippen LogP contribution < -0.4 is 4.90 Å². The summed E-state index contributed by atoms with van der Waals surface area (Å²) >= 11 is 0. The third-order valence-corrected chi connectivity index (χ3v) is 7.51. The topological polar surface area (TPSA) is 117 Å². The Balaban J connectivity index is 1.39. The zero-order valence-electron chi connectivity index (χ0n) is 20.4. The monoisotopic (exact) mass is 474 g/mol. The van der Waals surface area contributed by atoms with Gasteiger partial charge in [0.05, 0.1) is 53.6 Å². The van der Waals surface area contributed by atoms with E-state index in [-0.39, 0.29) is 11.5 Å². The van der Waals surface area contributed by atoms with Crippen molar-refractivity contribution in [3.63, 3.8) is 0 Å². The lowest BCUT2D eigenvalue weighted by atomic mass is 9.66. The normalized spacial score (nSPS) is 24.7. The Morgan fingerprint density at radius 1 is 1.23 bits per heavy atom. The molecule has 2 aromatic heterocycles. The van der Waals surface area contributed by atoms with E-state index in [1.54, 1.807) is 37.2 Å². The summed E-state index contributed by atoms with van der Waals surface area (Å²) in [5, 5.41) is 19.5. The second-order valence-electron chi connectivity index (χ2n) is 10.5. The largest absolute Gasteiger partial charge is 0.441 e. The van der Waals surface area contributed by atoms with Crippen LogP contribution in [0.1, 0.15) is 64.3 Å². The Labute approximate surface area is 204 Å². The van der Waals surface area contributed by atoms with Crippen molar-refractivity contribution in [1.82, 2.24) is 19.5 Å². The quantitative estimate of drug-likeness (QED) is 0.586. The molecule has 1 N–H and O–H groups in total. The number of anilines is 1. The van der Waals surface area contributed by atoms with E-state index < -0.39 is 11.2 Å². The van der Waals surface area contributed by atoms with E-state index in [1.165, 1.54) is 0 Å². The summed E-state index contributed by atoms with van der Waals surface area (Å²) in [5.41, 5.74) is 1.21. The lowest BCUT2D eigenvalue weighted by Crippen LogP contribution is -2.46. The first kappa shape index (κ1) is 23.2. The van der Waals surface area contributed by atoms with E-state index in [1.807, 2.05) is 18.5 Å². The van der Waals surface area contributed by atoms with Gasteiger partial charge in [0, 0.05) is 6.54 Å². The van der Waals surface area contributed by atoms with Gasteiger partial charge in [-0.25, -0.2) is 19.7 Å². The van der Waals surface area contributed by atoms with Crippen molar-refractivity contribution in [2.24, 2.45) is 5.41 Å². The van der Waals surface area contributed by atoms with Gasteiger partial charge in [-0.05, 0) is 69.6 Å². The van der Waals surface area contributed by atoms with E-state index in [0.29, 0.717) is 23.6 Å². The molecule has 3 aromatic rings. The Bertz CT molecular complexity index is 1310. The van der Waals surface area contributed by atoms with Gasteiger partial charge < -0.3 is 14.4 Å². The Morgan fingerprint density at radius 2 is 2.00 bits per heavy atom. The van der Waals surface area contributed by atoms with E-state index >= 15 is 0 Å². The number of hydrogen-bond donors (Lipinski definition) is 1. The van der Waals surface area contributed by atoms with Crippen molar-refractivity contribution in [1.29, 1.82) is 5.26 Å². The number of hydrogen-bond acceptors (Lipinski definition) is 7. The molecule has 182 valence electrons. The van der Waals surface area contributed by atoms with Crippen LogP contribution in [-0.4, -0.2) is 42.9 Å².